The average Bonchev–Trinajstić information content (AvgIpc) is 2.71. The summed E-state index contributed by atoms with van der Waals surface area (Å²) in [6.45, 7) is 4.22. The van der Waals surface area contributed by atoms with Gasteiger partial charge in [0.05, 0.1) is 42.8 Å². The molecule has 0 radical (unpaired) electrons. The van der Waals surface area contributed by atoms with Gasteiger partial charge in [0, 0.05) is 13.7 Å². The van der Waals surface area contributed by atoms with E-state index in [9.17, 15) is 0 Å². The molecule has 0 saturated heterocycles. The van der Waals surface area contributed by atoms with E-state index in [1.807, 2.05) is 6.92 Å². The van der Waals surface area contributed by atoms with E-state index in [0.29, 0.717) is 24.8 Å². The van der Waals surface area contributed by atoms with Gasteiger partial charge in [-0.15, -0.1) is 0 Å². The van der Waals surface area contributed by atoms with Crippen LogP contribution in [0.25, 0.3) is 0 Å². The molecule has 0 spiro atoms. The summed E-state index contributed by atoms with van der Waals surface area (Å²) in [6.07, 6.45) is 1.61. The summed E-state index contributed by atoms with van der Waals surface area (Å²) >= 11 is 6.08. The number of halogens is 1. The van der Waals surface area contributed by atoms with Crippen LogP contribution in [0.2, 0.25) is 5.02 Å². The van der Waals surface area contributed by atoms with Crippen molar-refractivity contribution >= 4 is 11.6 Å². The van der Waals surface area contributed by atoms with Crippen LogP contribution >= 0.6 is 11.6 Å². The van der Waals surface area contributed by atoms with Gasteiger partial charge < -0.3 is 9.47 Å². The van der Waals surface area contributed by atoms with Crippen molar-refractivity contribution in [3.63, 3.8) is 0 Å². The number of nitrogens with two attached hydrogens (primary N) is 1. The summed E-state index contributed by atoms with van der Waals surface area (Å²) in [5.74, 6) is 5.51. The third-order valence-corrected chi connectivity index (χ3v) is 2.67. The molecule has 0 fully saturated rings. The molecule has 0 bridgehead atoms. The van der Waals surface area contributed by atoms with Crippen molar-refractivity contribution in [1.82, 2.24) is 15.2 Å². The van der Waals surface area contributed by atoms with Crippen molar-refractivity contribution in [3.8, 4) is 0 Å². The van der Waals surface area contributed by atoms with Gasteiger partial charge in [0.15, 0.2) is 0 Å². The number of hydrazine groups is 1. The largest absolute Gasteiger partial charge is 0.382 e. The van der Waals surface area contributed by atoms with E-state index in [4.69, 9.17) is 26.9 Å². The highest BCUT2D eigenvalue weighted by Gasteiger charge is 2.18. The zero-order valence-corrected chi connectivity index (χ0v) is 10.9. The maximum Gasteiger partial charge on any atom is 0.0877 e. The first-order valence-corrected chi connectivity index (χ1v) is 5.86. The first-order chi connectivity index (χ1) is 8.24. The Bertz CT molecular complexity index is 332. The molecule has 6 nitrogen and oxygen atoms in total. The summed E-state index contributed by atoms with van der Waals surface area (Å²) < 4.78 is 12.1. The molecule has 1 aromatic heterocycles. The molecule has 0 aliphatic carbocycles. The standard InChI is InChI=1S/C10H19ClN4O2/c1-3-15-10(8(11)6-13-15)9(14-12)7-17-5-4-16-2/h6,9,14H,3-5,7,12H2,1-2H3. The zero-order chi connectivity index (χ0) is 12.7. The number of aromatic nitrogens is 2. The molecule has 17 heavy (non-hydrogen) atoms. The van der Waals surface area contributed by atoms with Crippen molar-refractivity contribution < 1.29 is 9.47 Å². The highest BCUT2D eigenvalue weighted by atomic mass is 35.5. The predicted molar refractivity (Wildman–Crippen MR) is 65.7 cm³/mol. The van der Waals surface area contributed by atoms with Gasteiger partial charge >= 0.3 is 0 Å². The highest BCUT2D eigenvalue weighted by Crippen LogP contribution is 2.22. The molecule has 1 unspecified atom stereocenters. The molecule has 1 heterocycles. The molecule has 1 atom stereocenters. The van der Waals surface area contributed by atoms with Crippen LogP contribution in [0.5, 0.6) is 0 Å². The molecule has 0 aromatic carbocycles. The Labute approximate surface area is 106 Å². The minimum Gasteiger partial charge on any atom is -0.382 e. The maximum absolute atomic E-state index is 6.08. The van der Waals surface area contributed by atoms with Gasteiger partial charge in [0.2, 0.25) is 0 Å². The summed E-state index contributed by atoms with van der Waals surface area (Å²) in [4.78, 5) is 0. The Morgan fingerprint density at radius 2 is 2.35 bits per heavy atom. The van der Waals surface area contributed by atoms with Crippen LogP contribution in [-0.2, 0) is 16.0 Å². The molecule has 1 rings (SSSR count). The van der Waals surface area contributed by atoms with E-state index in [0.717, 1.165) is 12.2 Å². The van der Waals surface area contributed by atoms with Crippen LogP contribution in [-0.4, -0.2) is 36.7 Å². The van der Waals surface area contributed by atoms with Crippen molar-refractivity contribution in [2.24, 2.45) is 5.84 Å². The van der Waals surface area contributed by atoms with Crippen molar-refractivity contribution in [2.75, 3.05) is 26.9 Å². The van der Waals surface area contributed by atoms with Crippen molar-refractivity contribution in [1.29, 1.82) is 0 Å². The van der Waals surface area contributed by atoms with Gasteiger partial charge in [-0.1, -0.05) is 11.6 Å². The zero-order valence-electron chi connectivity index (χ0n) is 10.1. The Hall–Kier alpha value is -0.660. The number of methoxy groups -OCH3 is 1. The summed E-state index contributed by atoms with van der Waals surface area (Å²) in [7, 11) is 1.63. The summed E-state index contributed by atoms with van der Waals surface area (Å²) in [6, 6.07) is -0.179. The predicted octanol–water partition coefficient (Wildman–Crippen LogP) is 0.724. The topological polar surface area (TPSA) is 74.3 Å². The number of nitrogens with one attached hydrogen (secondary N) is 1. The molecular formula is C10H19ClN4O2. The second kappa shape index (κ2) is 7.62. The van der Waals surface area contributed by atoms with Crippen LogP contribution in [0.15, 0.2) is 6.20 Å². The van der Waals surface area contributed by atoms with Gasteiger partial charge in [-0.2, -0.15) is 5.10 Å². The Morgan fingerprint density at radius 1 is 1.59 bits per heavy atom. The molecule has 98 valence electrons. The van der Waals surface area contributed by atoms with Crippen LogP contribution in [0.1, 0.15) is 18.7 Å². The monoisotopic (exact) mass is 262 g/mol. The van der Waals surface area contributed by atoms with Gasteiger partial charge in [-0.3, -0.25) is 10.5 Å². The lowest BCUT2D eigenvalue weighted by molar-refractivity contribution is 0.0574. The number of hydrogen-bond donors (Lipinski definition) is 2. The Morgan fingerprint density at radius 3 is 2.94 bits per heavy atom. The minimum atomic E-state index is -0.179. The van der Waals surface area contributed by atoms with Crippen LogP contribution < -0.4 is 11.3 Å². The van der Waals surface area contributed by atoms with Crippen LogP contribution in [0, 0.1) is 0 Å². The highest BCUT2D eigenvalue weighted by molar-refractivity contribution is 6.31. The van der Waals surface area contributed by atoms with Gasteiger partial charge in [0.25, 0.3) is 0 Å². The number of nitrogens with zero attached hydrogens (tertiary/aromatic N) is 2. The lowest BCUT2D eigenvalue weighted by Crippen LogP contribution is -2.33. The van der Waals surface area contributed by atoms with E-state index in [1.54, 1.807) is 18.0 Å². The normalized spacial score (nSPS) is 12.9. The van der Waals surface area contributed by atoms with Crippen molar-refractivity contribution in [2.45, 2.75) is 19.5 Å². The molecule has 3 N–H and O–H groups in total. The second-order valence-electron chi connectivity index (χ2n) is 3.48. The minimum absolute atomic E-state index is 0.179. The lowest BCUT2D eigenvalue weighted by atomic mass is 10.2. The Kier molecular flexibility index (Phi) is 6.46. The fraction of sp³-hybridized carbons (Fsp3) is 0.700. The maximum atomic E-state index is 6.08. The Balaban J connectivity index is 2.62. The van der Waals surface area contributed by atoms with Gasteiger partial charge in [-0.25, -0.2) is 5.43 Å². The summed E-state index contributed by atoms with van der Waals surface area (Å²) in [5.41, 5.74) is 3.53. The van der Waals surface area contributed by atoms with Gasteiger partial charge in [-0.05, 0) is 6.92 Å². The third kappa shape index (κ3) is 3.93. The molecule has 7 heteroatoms. The quantitative estimate of drug-likeness (QED) is 0.410. The first kappa shape index (κ1) is 14.4. The molecule has 0 aliphatic rings. The fourth-order valence-corrected chi connectivity index (χ4v) is 1.79. The van der Waals surface area contributed by atoms with E-state index < -0.39 is 0 Å². The second-order valence-corrected chi connectivity index (χ2v) is 3.89. The third-order valence-electron chi connectivity index (χ3n) is 2.38. The SMILES string of the molecule is CCn1ncc(Cl)c1C(COCCOC)NN. The smallest absolute Gasteiger partial charge is 0.0877 e. The number of hydrogen-bond acceptors (Lipinski definition) is 5. The lowest BCUT2D eigenvalue weighted by Gasteiger charge is -2.17. The number of ether oxygens (including phenoxy) is 2. The van der Waals surface area contributed by atoms with E-state index in [2.05, 4.69) is 10.5 Å². The number of rotatable bonds is 8. The molecule has 0 saturated carbocycles. The fourth-order valence-electron chi connectivity index (χ4n) is 1.52. The van der Waals surface area contributed by atoms with Crippen LogP contribution in [0.3, 0.4) is 0 Å². The number of aryl methyl sites for hydroxylation is 1. The van der Waals surface area contributed by atoms with E-state index >= 15 is 0 Å². The molecular weight excluding hydrogens is 244 g/mol. The first-order valence-electron chi connectivity index (χ1n) is 5.48. The molecule has 0 amide bonds. The average molecular weight is 263 g/mol. The van der Waals surface area contributed by atoms with Crippen molar-refractivity contribution in [3.05, 3.63) is 16.9 Å². The molecule has 1 aromatic rings. The van der Waals surface area contributed by atoms with E-state index in [-0.39, 0.29) is 6.04 Å². The summed E-state index contributed by atoms with van der Waals surface area (Å²) in [5, 5.41) is 4.74. The molecule has 0 aliphatic heterocycles. The van der Waals surface area contributed by atoms with Crippen LogP contribution in [0.4, 0.5) is 0 Å². The van der Waals surface area contributed by atoms with Gasteiger partial charge in [0.1, 0.15) is 0 Å². The van der Waals surface area contributed by atoms with E-state index in [1.165, 1.54) is 0 Å².